The lowest BCUT2D eigenvalue weighted by atomic mass is 9.75. The van der Waals surface area contributed by atoms with Crippen LogP contribution < -0.4 is 5.73 Å². The number of hydrogen-bond donors (Lipinski definition) is 2. The molecule has 1 fully saturated rings. The van der Waals surface area contributed by atoms with Gasteiger partial charge in [0.15, 0.2) is 0 Å². The molecule has 0 spiro atoms. The van der Waals surface area contributed by atoms with Crippen molar-refractivity contribution in [3.63, 3.8) is 0 Å². The summed E-state index contributed by atoms with van der Waals surface area (Å²) in [4.78, 5) is 16.2. The molecule has 6 heteroatoms. The summed E-state index contributed by atoms with van der Waals surface area (Å²) in [6, 6.07) is 17.8. The number of piperidine rings is 1. The van der Waals surface area contributed by atoms with E-state index in [1.54, 1.807) is 18.2 Å². The van der Waals surface area contributed by atoms with E-state index < -0.39 is 11.5 Å². The Balaban J connectivity index is 0.00000320. The van der Waals surface area contributed by atoms with Gasteiger partial charge in [-0.3, -0.25) is 9.69 Å². The van der Waals surface area contributed by atoms with Gasteiger partial charge >= 0.3 is 0 Å². The average molecular weight is 432 g/mol. The zero-order valence-corrected chi connectivity index (χ0v) is 18.9. The Morgan fingerprint density at radius 3 is 2.53 bits per heavy atom. The summed E-state index contributed by atoms with van der Waals surface area (Å²) < 4.78 is 0. The van der Waals surface area contributed by atoms with Crippen molar-refractivity contribution in [2.24, 2.45) is 5.73 Å². The molecule has 2 aromatic rings. The number of aliphatic hydroxyl groups is 1. The second-order valence-corrected chi connectivity index (χ2v) is 8.39. The number of hydrogen-bond acceptors (Lipinski definition) is 4. The van der Waals surface area contributed by atoms with Gasteiger partial charge in [-0.1, -0.05) is 42.5 Å². The quantitative estimate of drug-likeness (QED) is 0.706. The van der Waals surface area contributed by atoms with E-state index in [0.29, 0.717) is 12.0 Å². The lowest BCUT2D eigenvalue weighted by Gasteiger charge is -2.52. The van der Waals surface area contributed by atoms with Crippen LogP contribution in [-0.2, 0) is 12.0 Å². The molecule has 1 heterocycles. The summed E-state index contributed by atoms with van der Waals surface area (Å²) in [7, 11) is 4.02. The van der Waals surface area contributed by atoms with Gasteiger partial charge in [-0.05, 0) is 70.1 Å². The minimum Gasteiger partial charge on any atom is -0.383 e. The number of halogens is 1. The molecule has 0 radical (unpaired) electrons. The predicted octanol–water partition coefficient (Wildman–Crippen LogP) is 3.05. The number of carbonyl (C=O) groups is 1. The predicted molar refractivity (Wildman–Crippen MR) is 124 cm³/mol. The Hall–Kier alpha value is -1.92. The molecule has 3 rings (SSSR count). The molecule has 1 amide bonds. The molecule has 3 N–H and O–H groups in total. The molecule has 30 heavy (non-hydrogen) atoms. The zero-order valence-electron chi connectivity index (χ0n) is 18.1. The first-order chi connectivity index (χ1) is 13.8. The lowest BCUT2D eigenvalue weighted by molar-refractivity contribution is -0.111. The van der Waals surface area contributed by atoms with Gasteiger partial charge in [0.1, 0.15) is 5.60 Å². The molecule has 1 saturated heterocycles. The molecule has 0 saturated carbocycles. The van der Waals surface area contributed by atoms with Crippen LogP contribution in [0.5, 0.6) is 0 Å². The van der Waals surface area contributed by atoms with Crippen molar-refractivity contribution in [3.05, 3.63) is 71.3 Å². The number of amides is 1. The second kappa shape index (κ2) is 10.4. The third-order valence-corrected chi connectivity index (χ3v) is 6.26. The molecule has 5 nitrogen and oxygen atoms in total. The minimum atomic E-state index is -1.02. The normalized spacial score (nSPS) is 24.4. The van der Waals surface area contributed by atoms with E-state index >= 15 is 0 Å². The Morgan fingerprint density at radius 1 is 1.20 bits per heavy atom. The van der Waals surface area contributed by atoms with E-state index in [-0.39, 0.29) is 24.5 Å². The maximum Gasteiger partial charge on any atom is 0.248 e. The molecule has 3 atom stereocenters. The highest BCUT2D eigenvalue weighted by molar-refractivity contribution is 5.92. The van der Waals surface area contributed by atoms with Crippen LogP contribution >= 0.6 is 12.4 Å². The second-order valence-electron chi connectivity index (χ2n) is 8.39. The summed E-state index contributed by atoms with van der Waals surface area (Å²) in [5.74, 6) is -0.469. The number of nitrogens with zero attached hydrogens (tertiary/aromatic N) is 2. The van der Waals surface area contributed by atoms with E-state index in [1.807, 2.05) is 26.2 Å². The maximum absolute atomic E-state index is 11.8. The SMILES string of the molecule is CC1C(N(C)C)C(O)(c2cccc(C(N)=O)c2)CCN1CCCc1ccccc1.Cl. The zero-order chi connectivity index (χ0) is 21.0. The van der Waals surface area contributed by atoms with Crippen LogP contribution in [-0.4, -0.2) is 60.1 Å². The Labute approximate surface area is 186 Å². The number of aryl methyl sites for hydroxylation is 1. The van der Waals surface area contributed by atoms with Gasteiger partial charge in [-0.2, -0.15) is 0 Å². The largest absolute Gasteiger partial charge is 0.383 e. The van der Waals surface area contributed by atoms with Crippen molar-refractivity contribution in [1.29, 1.82) is 0 Å². The Kier molecular flexibility index (Phi) is 8.44. The highest BCUT2D eigenvalue weighted by atomic mass is 35.5. The lowest BCUT2D eigenvalue weighted by Crippen LogP contribution is -2.63. The van der Waals surface area contributed by atoms with Gasteiger partial charge in [-0.25, -0.2) is 0 Å². The van der Waals surface area contributed by atoms with Crippen molar-refractivity contribution < 1.29 is 9.90 Å². The fourth-order valence-electron chi connectivity index (χ4n) is 4.83. The third-order valence-electron chi connectivity index (χ3n) is 6.26. The van der Waals surface area contributed by atoms with Crippen LogP contribution in [0.4, 0.5) is 0 Å². The van der Waals surface area contributed by atoms with Gasteiger partial charge in [0, 0.05) is 18.2 Å². The van der Waals surface area contributed by atoms with E-state index in [2.05, 4.69) is 41.0 Å². The monoisotopic (exact) mass is 431 g/mol. The van der Waals surface area contributed by atoms with Crippen LogP contribution in [0.1, 0.15) is 41.3 Å². The van der Waals surface area contributed by atoms with E-state index in [4.69, 9.17) is 5.73 Å². The van der Waals surface area contributed by atoms with Crippen molar-refractivity contribution >= 4 is 18.3 Å². The first-order valence-corrected chi connectivity index (χ1v) is 10.4. The Morgan fingerprint density at radius 2 is 1.90 bits per heavy atom. The van der Waals surface area contributed by atoms with Crippen molar-refractivity contribution in [2.45, 2.75) is 43.9 Å². The molecular formula is C24H34ClN3O2. The van der Waals surface area contributed by atoms with E-state index in [1.165, 1.54) is 5.56 Å². The maximum atomic E-state index is 11.8. The summed E-state index contributed by atoms with van der Waals surface area (Å²) in [6.07, 6.45) is 2.76. The molecule has 0 aromatic heterocycles. The fraction of sp³-hybridized carbons (Fsp3) is 0.458. The minimum absolute atomic E-state index is 0. The number of likely N-dealkylation sites (tertiary alicyclic amines) is 1. The van der Waals surface area contributed by atoms with Gasteiger partial charge in [0.2, 0.25) is 5.91 Å². The standard InChI is InChI=1S/C24H33N3O2.ClH/c1-18-22(26(2)3)24(29,21-13-7-12-20(17-21)23(25)28)14-16-27(18)15-8-11-19-9-5-4-6-10-19;/h4-7,9-10,12-13,17-18,22,29H,8,11,14-16H2,1-3H3,(H2,25,28);1H. The number of primary amides is 1. The van der Waals surface area contributed by atoms with Crippen molar-refractivity contribution in [1.82, 2.24) is 9.80 Å². The van der Waals surface area contributed by atoms with Crippen molar-refractivity contribution in [2.75, 3.05) is 27.2 Å². The van der Waals surface area contributed by atoms with Crippen LogP contribution in [0.2, 0.25) is 0 Å². The molecule has 164 valence electrons. The average Bonchev–Trinajstić information content (AvgIpc) is 2.70. The summed E-state index contributed by atoms with van der Waals surface area (Å²) in [6.45, 7) is 4.00. The van der Waals surface area contributed by atoms with Crippen molar-refractivity contribution in [3.8, 4) is 0 Å². The number of rotatable bonds is 7. The molecular weight excluding hydrogens is 398 g/mol. The fourth-order valence-corrected chi connectivity index (χ4v) is 4.83. The van der Waals surface area contributed by atoms with Crippen LogP contribution in [0.3, 0.4) is 0 Å². The van der Waals surface area contributed by atoms with Crippen LogP contribution in [0.25, 0.3) is 0 Å². The van der Waals surface area contributed by atoms with Gasteiger partial charge in [0.25, 0.3) is 0 Å². The van der Waals surface area contributed by atoms with E-state index in [0.717, 1.165) is 31.5 Å². The summed E-state index contributed by atoms with van der Waals surface area (Å²) in [5.41, 5.74) is 7.00. The summed E-state index contributed by atoms with van der Waals surface area (Å²) in [5, 5.41) is 11.8. The summed E-state index contributed by atoms with van der Waals surface area (Å²) >= 11 is 0. The molecule has 0 aliphatic carbocycles. The molecule has 0 bridgehead atoms. The van der Waals surface area contributed by atoms with E-state index in [9.17, 15) is 9.90 Å². The number of likely N-dealkylation sites (N-methyl/N-ethyl adjacent to an activating group) is 1. The number of carbonyl (C=O) groups excluding carboxylic acids is 1. The van der Waals surface area contributed by atoms with Crippen LogP contribution in [0, 0.1) is 0 Å². The molecule has 1 aliphatic heterocycles. The van der Waals surface area contributed by atoms with Gasteiger partial charge in [-0.15, -0.1) is 12.4 Å². The third kappa shape index (κ3) is 5.22. The topological polar surface area (TPSA) is 69.8 Å². The van der Waals surface area contributed by atoms with Crippen LogP contribution in [0.15, 0.2) is 54.6 Å². The first kappa shape index (κ1) is 24.4. The Bertz CT molecular complexity index is 830. The molecule has 2 aromatic carbocycles. The number of benzene rings is 2. The highest BCUT2D eigenvalue weighted by Gasteiger charge is 2.48. The number of nitrogens with two attached hydrogens (primary N) is 1. The van der Waals surface area contributed by atoms with Gasteiger partial charge in [0.05, 0.1) is 6.04 Å². The smallest absolute Gasteiger partial charge is 0.248 e. The molecule has 3 unspecified atom stereocenters. The van der Waals surface area contributed by atoms with Gasteiger partial charge < -0.3 is 15.7 Å². The molecule has 1 aliphatic rings. The highest BCUT2D eigenvalue weighted by Crippen LogP contribution is 2.38. The first-order valence-electron chi connectivity index (χ1n) is 10.4.